The monoisotopic (exact) mass is 342 g/mol. The summed E-state index contributed by atoms with van der Waals surface area (Å²) in [4.78, 5) is 27.1. The largest absolute Gasteiger partial charge is 0.378 e. The van der Waals surface area contributed by atoms with Crippen LogP contribution in [-0.4, -0.2) is 43.0 Å². The number of hydrogen-bond donors (Lipinski definition) is 1. The van der Waals surface area contributed by atoms with Gasteiger partial charge in [-0.05, 0) is 23.8 Å². The van der Waals surface area contributed by atoms with Crippen molar-refractivity contribution in [2.45, 2.75) is 6.04 Å². The first-order valence-electron chi connectivity index (χ1n) is 8.13. The van der Waals surface area contributed by atoms with Crippen LogP contribution in [0.2, 0.25) is 0 Å². The van der Waals surface area contributed by atoms with Crippen molar-refractivity contribution in [1.82, 2.24) is 10.2 Å². The number of halogens is 1. The second kappa shape index (κ2) is 7.90. The molecule has 1 fully saturated rings. The van der Waals surface area contributed by atoms with Gasteiger partial charge in [-0.25, -0.2) is 4.39 Å². The van der Waals surface area contributed by atoms with Crippen molar-refractivity contribution in [2.75, 3.05) is 26.3 Å². The van der Waals surface area contributed by atoms with Gasteiger partial charge in [0.25, 0.3) is 5.91 Å². The van der Waals surface area contributed by atoms with Gasteiger partial charge in [-0.2, -0.15) is 0 Å². The highest BCUT2D eigenvalue weighted by Gasteiger charge is 2.28. The van der Waals surface area contributed by atoms with Crippen molar-refractivity contribution in [3.05, 3.63) is 71.5 Å². The van der Waals surface area contributed by atoms with E-state index in [9.17, 15) is 14.0 Å². The van der Waals surface area contributed by atoms with Crippen LogP contribution in [0.4, 0.5) is 4.39 Å². The van der Waals surface area contributed by atoms with E-state index in [1.807, 2.05) is 18.2 Å². The molecule has 6 heteroatoms. The first-order chi connectivity index (χ1) is 12.1. The first kappa shape index (κ1) is 17.1. The lowest BCUT2D eigenvalue weighted by atomic mass is 10.0. The Hall–Kier alpha value is -2.73. The average Bonchev–Trinajstić information content (AvgIpc) is 2.67. The van der Waals surface area contributed by atoms with Crippen molar-refractivity contribution in [1.29, 1.82) is 0 Å². The van der Waals surface area contributed by atoms with Crippen molar-refractivity contribution in [2.24, 2.45) is 0 Å². The maximum atomic E-state index is 13.4. The van der Waals surface area contributed by atoms with Gasteiger partial charge in [-0.3, -0.25) is 9.59 Å². The molecule has 1 atom stereocenters. The Labute approximate surface area is 145 Å². The van der Waals surface area contributed by atoms with Crippen LogP contribution < -0.4 is 5.32 Å². The van der Waals surface area contributed by atoms with Crippen LogP contribution in [0, 0.1) is 5.82 Å². The molecular weight excluding hydrogens is 323 g/mol. The maximum Gasteiger partial charge on any atom is 0.252 e. The summed E-state index contributed by atoms with van der Waals surface area (Å²) in [7, 11) is 0. The highest BCUT2D eigenvalue weighted by Crippen LogP contribution is 2.18. The van der Waals surface area contributed by atoms with Crippen LogP contribution in [0.1, 0.15) is 22.0 Å². The van der Waals surface area contributed by atoms with Crippen LogP contribution in [-0.2, 0) is 9.53 Å². The number of nitrogens with one attached hydrogen (secondary N) is 1. The topological polar surface area (TPSA) is 58.6 Å². The van der Waals surface area contributed by atoms with E-state index in [2.05, 4.69) is 5.32 Å². The zero-order valence-electron chi connectivity index (χ0n) is 13.7. The maximum absolute atomic E-state index is 13.4. The van der Waals surface area contributed by atoms with Crippen LogP contribution in [0.5, 0.6) is 0 Å². The second-order valence-corrected chi connectivity index (χ2v) is 5.77. The molecule has 0 saturated carbocycles. The summed E-state index contributed by atoms with van der Waals surface area (Å²) < 4.78 is 18.6. The number of carbonyl (C=O) groups is 2. The molecule has 0 unspecified atom stereocenters. The zero-order valence-corrected chi connectivity index (χ0v) is 13.7. The molecule has 2 amide bonds. The Morgan fingerprint density at radius 3 is 2.44 bits per heavy atom. The minimum Gasteiger partial charge on any atom is -0.378 e. The summed E-state index contributed by atoms with van der Waals surface area (Å²) >= 11 is 0. The number of nitrogens with zero attached hydrogens (tertiary/aromatic N) is 1. The van der Waals surface area contributed by atoms with Gasteiger partial charge in [0.15, 0.2) is 0 Å². The van der Waals surface area contributed by atoms with Crippen molar-refractivity contribution >= 4 is 11.8 Å². The molecule has 130 valence electrons. The van der Waals surface area contributed by atoms with Gasteiger partial charge in [0.2, 0.25) is 5.91 Å². The summed E-state index contributed by atoms with van der Waals surface area (Å²) in [5, 5.41) is 2.74. The standard InChI is InChI=1S/C19H19FN2O3/c20-16-8-4-7-15(13-16)18(23)21-17(14-5-2-1-3-6-14)19(24)22-9-11-25-12-10-22/h1-8,13,17H,9-12H2,(H,21,23)/t17-/m0/s1. The van der Waals surface area contributed by atoms with Gasteiger partial charge < -0.3 is 15.0 Å². The van der Waals surface area contributed by atoms with Crippen molar-refractivity contribution in [3.63, 3.8) is 0 Å². The summed E-state index contributed by atoms with van der Waals surface area (Å²) in [6.45, 7) is 1.92. The van der Waals surface area contributed by atoms with Crippen LogP contribution in [0.3, 0.4) is 0 Å². The fourth-order valence-corrected chi connectivity index (χ4v) is 2.74. The van der Waals surface area contributed by atoms with E-state index in [0.717, 1.165) is 6.07 Å². The van der Waals surface area contributed by atoms with Gasteiger partial charge in [-0.1, -0.05) is 36.4 Å². The summed E-state index contributed by atoms with van der Waals surface area (Å²) in [6.07, 6.45) is 0. The minimum atomic E-state index is -0.824. The van der Waals surface area contributed by atoms with E-state index in [-0.39, 0.29) is 11.5 Å². The number of ether oxygens (including phenoxy) is 1. The second-order valence-electron chi connectivity index (χ2n) is 5.77. The van der Waals surface area contributed by atoms with E-state index in [1.54, 1.807) is 17.0 Å². The van der Waals surface area contributed by atoms with E-state index < -0.39 is 17.8 Å². The van der Waals surface area contributed by atoms with Crippen molar-refractivity contribution < 1.29 is 18.7 Å². The van der Waals surface area contributed by atoms with E-state index in [0.29, 0.717) is 31.9 Å². The Morgan fingerprint density at radius 2 is 1.76 bits per heavy atom. The number of amides is 2. The van der Waals surface area contributed by atoms with Gasteiger partial charge in [-0.15, -0.1) is 0 Å². The molecular formula is C19H19FN2O3. The van der Waals surface area contributed by atoms with E-state index in [1.165, 1.54) is 18.2 Å². The van der Waals surface area contributed by atoms with Gasteiger partial charge in [0.1, 0.15) is 11.9 Å². The van der Waals surface area contributed by atoms with Gasteiger partial charge >= 0.3 is 0 Å². The molecule has 1 aliphatic heterocycles. The molecule has 5 nitrogen and oxygen atoms in total. The molecule has 1 saturated heterocycles. The smallest absolute Gasteiger partial charge is 0.252 e. The van der Waals surface area contributed by atoms with E-state index >= 15 is 0 Å². The predicted molar refractivity (Wildman–Crippen MR) is 90.4 cm³/mol. The molecule has 0 aromatic heterocycles. The average molecular weight is 342 g/mol. The minimum absolute atomic E-state index is 0.177. The Morgan fingerprint density at radius 1 is 1.04 bits per heavy atom. The highest BCUT2D eigenvalue weighted by atomic mass is 19.1. The van der Waals surface area contributed by atoms with E-state index in [4.69, 9.17) is 4.74 Å². The lowest BCUT2D eigenvalue weighted by Gasteiger charge is -2.31. The summed E-state index contributed by atoms with van der Waals surface area (Å²) in [5.74, 6) is -1.18. The Bertz CT molecular complexity index is 745. The van der Waals surface area contributed by atoms with Crippen LogP contribution in [0.25, 0.3) is 0 Å². The fourth-order valence-electron chi connectivity index (χ4n) is 2.74. The third kappa shape index (κ3) is 4.22. The molecule has 25 heavy (non-hydrogen) atoms. The first-order valence-corrected chi connectivity index (χ1v) is 8.13. The molecule has 2 aromatic carbocycles. The van der Waals surface area contributed by atoms with Gasteiger partial charge in [0.05, 0.1) is 13.2 Å². The molecule has 0 spiro atoms. The quantitative estimate of drug-likeness (QED) is 0.926. The number of hydrogen-bond acceptors (Lipinski definition) is 3. The number of rotatable bonds is 4. The van der Waals surface area contributed by atoms with Crippen LogP contribution >= 0.6 is 0 Å². The lowest BCUT2D eigenvalue weighted by Crippen LogP contribution is -2.47. The third-order valence-electron chi connectivity index (χ3n) is 4.06. The molecule has 1 aliphatic rings. The molecule has 0 bridgehead atoms. The molecule has 1 heterocycles. The third-order valence-corrected chi connectivity index (χ3v) is 4.06. The molecule has 2 aromatic rings. The molecule has 0 aliphatic carbocycles. The predicted octanol–water partition coefficient (Wildman–Crippen LogP) is 2.16. The fraction of sp³-hybridized carbons (Fsp3) is 0.263. The van der Waals surface area contributed by atoms with Gasteiger partial charge in [0, 0.05) is 18.7 Å². The normalized spacial score (nSPS) is 15.5. The Kier molecular flexibility index (Phi) is 5.40. The molecule has 1 N–H and O–H groups in total. The SMILES string of the molecule is O=C(N[C@H](C(=O)N1CCOCC1)c1ccccc1)c1cccc(F)c1. The molecule has 3 rings (SSSR count). The van der Waals surface area contributed by atoms with Crippen LogP contribution in [0.15, 0.2) is 54.6 Å². The highest BCUT2D eigenvalue weighted by molar-refractivity contribution is 5.97. The molecule has 0 radical (unpaired) electrons. The summed E-state index contributed by atoms with van der Waals surface area (Å²) in [6, 6.07) is 13.6. The van der Waals surface area contributed by atoms with Crippen molar-refractivity contribution in [3.8, 4) is 0 Å². The lowest BCUT2D eigenvalue weighted by molar-refractivity contribution is -0.137. The number of benzene rings is 2. The zero-order chi connectivity index (χ0) is 17.6. The number of carbonyl (C=O) groups excluding carboxylic acids is 2. The Balaban J connectivity index is 1.83. The number of morpholine rings is 1. The summed E-state index contributed by atoms with van der Waals surface area (Å²) in [5.41, 5.74) is 0.861.